The standard InChI is InChI=1S/C15H30N2O/c1-16(2)12-14-8-4-5-9-15(14,18)13-17-10-6-3-7-11-17/h14,18H,3-13H2,1-2H3. The van der Waals surface area contributed by atoms with E-state index < -0.39 is 5.60 Å². The zero-order valence-electron chi connectivity index (χ0n) is 12.2. The van der Waals surface area contributed by atoms with Gasteiger partial charge in [0.05, 0.1) is 5.60 Å². The van der Waals surface area contributed by atoms with Gasteiger partial charge in [0.2, 0.25) is 0 Å². The maximum atomic E-state index is 11.1. The van der Waals surface area contributed by atoms with Crippen LogP contribution in [0.1, 0.15) is 44.9 Å². The molecular weight excluding hydrogens is 224 g/mol. The summed E-state index contributed by atoms with van der Waals surface area (Å²) >= 11 is 0. The minimum atomic E-state index is -0.431. The average Bonchev–Trinajstić information content (AvgIpc) is 2.33. The van der Waals surface area contributed by atoms with Crippen molar-refractivity contribution in [2.24, 2.45) is 5.92 Å². The van der Waals surface area contributed by atoms with Crippen molar-refractivity contribution in [3.63, 3.8) is 0 Å². The van der Waals surface area contributed by atoms with E-state index in [0.29, 0.717) is 5.92 Å². The third-order valence-electron chi connectivity index (χ3n) is 4.70. The quantitative estimate of drug-likeness (QED) is 0.831. The fraction of sp³-hybridized carbons (Fsp3) is 1.00. The predicted octanol–water partition coefficient (Wildman–Crippen LogP) is 1.96. The molecule has 1 aliphatic heterocycles. The molecule has 0 bridgehead atoms. The largest absolute Gasteiger partial charge is 0.388 e. The molecule has 1 aliphatic carbocycles. The molecular formula is C15H30N2O. The molecule has 0 radical (unpaired) electrons. The van der Waals surface area contributed by atoms with Crippen molar-refractivity contribution in [2.45, 2.75) is 50.5 Å². The van der Waals surface area contributed by atoms with Crippen molar-refractivity contribution < 1.29 is 5.11 Å². The summed E-state index contributed by atoms with van der Waals surface area (Å²) in [4.78, 5) is 4.73. The minimum Gasteiger partial charge on any atom is -0.388 e. The van der Waals surface area contributed by atoms with Crippen LogP contribution in [0.5, 0.6) is 0 Å². The Bertz CT molecular complexity index is 251. The van der Waals surface area contributed by atoms with Gasteiger partial charge in [-0.25, -0.2) is 0 Å². The Labute approximate surface area is 112 Å². The molecule has 1 heterocycles. The predicted molar refractivity (Wildman–Crippen MR) is 75.8 cm³/mol. The van der Waals surface area contributed by atoms with Crippen LogP contribution in [0.2, 0.25) is 0 Å². The van der Waals surface area contributed by atoms with E-state index in [9.17, 15) is 5.11 Å². The van der Waals surface area contributed by atoms with Gasteiger partial charge in [0.15, 0.2) is 0 Å². The molecule has 2 fully saturated rings. The van der Waals surface area contributed by atoms with Gasteiger partial charge in [0.25, 0.3) is 0 Å². The number of β-amino-alcohol motifs (C(OH)–C–C–N with tert-alkyl or cyclic N) is 1. The first-order valence-electron chi connectivity index (χ1n) is 7.70. The molecule has 3 heteroatoms. The summed E-state index contributed by atoms with van der Waals surface area (Å²) in [5, 5.41) is 11.1. The summed E-state index contributed by atoms with van der Waals surface area (Å²) in [7, 11) is 4.24. The van der Waals surface area contributed by atoms with E-state index in [1.165, 1.54) is 51.6 Å². The van der Waals surface area contributed by atoms with E-state index in [2.05, 4.69) is 23.9 Å². The van der Waals surface area contributed by atoms with Crippen LogP contribution >= 0.6 is 0 Å². The first-order valence-corrected chi connectivity index (χ1v) is 7.70. The van der Waals surface area contributed by atoms with Crippen LogP contribution in [-0.4, -0.2) is 60.8 Å². The Balaban J connectivity index is 1.95. The molecule has 2 rings (SSSR count). The molecule has 0 aromatic heterocycles. The highest BCUT2D eigenvalue weighted by Gasteiger charge is 2.40. The number of nitrogens with zero attached hydrogens (tertiary/aromatic N) is 2. The minimum absolute atomic E-state index is 0.431. The van der Waals surface area contributed by atoms with Crippen LogP contribution in [0, 0.1) is 5.92 Å². The second-order valence-corrected chi connectivity index (χ2v) is 6.65. The summed E-state index contributed by atoms with van der Waals surface area (Å²) in [6.07, 6.45) is 8.69. The highest BCUT2D eigenvalue weighted by atomic mass is 16.3. The van der Waals surface area contributed by atoms with Crippen molar-refractivity contribution in [2.75, 3.05) is 40.3 Å². The molecule has 0 aromatic rings. The highest BCUT2D eigenvalue weighted by Crippen LogP contribution is 2.35. The number of likely N-dealkylation sites (tertiary alicyclic amines) is 1. The summed E-state index contributed by atoms with van der Waals surface area (Å²) in [6, 6.07) is 0. The zero-order valence-corrected chi connectivity index (χ0v) is 12.2. The summed E-state index contributed by atoms with van der Waals surface area (Å²) in [5.41, 5.74) is -0.431. The van der Waals surface area contributed by atoms with Gasteiger partial charge in [-0.05, 0) is 52.9 Å². The van der Waals surface area contributed by atoms with Gasteiger partial charge in [-0.2, -0.15) is 0 Å². The lowest BCUT2D eigenvalue weighted by Crippen LogP contribution is -2.53. The third-order valence-corrected chi connectivity index (χ3v) is 4.70. The Morgan fingerprint density at radius 2 is 1.83 bits per heavy atom. The number of hydrogen-bond donors (Lipinski definition) is 1. The van der Waals surface area contributed by atoms with Gasteiger partial charge in [-0.15, -0.1) is 0 Å². The summed E-state index contributed by atoms with van der Waals surface area (Å²) in [6.45, 7) is 4.32. The van der Waals surface area contributed by atoms with E-state index in [1.807, 2.05) is 0 Å². The SMILES string of the molecule is CN(C)CC1CCCCC1(O)CN1CCCCC1. The molecule has 2 unspecified atom stereocenters. The Morgan fingerprint density at radius 3 is 2.50 bits per heavy atom. The van der Waals surface area contributed by atoms with Gasteiger partial charge in [-0.1, -0.05) is 19.3 Å². The number of rotatable bonds is 4. The average molecular weight is 254 g/mol. The van der Waals surface area contributed by atoms with Crippen LogP contribution in [-0.2, 0) is 0 Å². The fourth-order valence-electron chi connectivity index (χ4n) is 3.71. The monoisotopic (exact) mass is 254 g/mol. The van der Waals surface area contributed by atoms with Crippen molar-refractivity contribution in [1.29, 1.82) is 0 Å². The second kappa shape index (κ2) is 6.36. The van der Waals surface area contributed by atoms with Gasteiger partial charge in [-0.3, -0.25) is 0 Å². The molecule has 1 saturated heterocycles. The molecule has 0 aromatic carbocycles. The van der Waals surface area contributed by atoms with Gasteiger partial charge in [0.1, 0.15) is 0 Å². The molecule has 106 valence electrons. The lowest BCUT2D eigenvalue weighted by molar-refractivity contribution is -0.0794. The molecule has 18 heavy (non-hydrogen) atoms. The summed E-state index contributed by atoms with van der Waals surface area (Å²) in [5.74, 6) is 0.461. The van der Waals surface area contributed by atoms with Crippen LogP contribution in [0.25, 0.3) is 0 Å². The van der Waals surface area contributed by atoms with Crippen LogP contribution < -0.4 is 0 Å². The maximum absolute atomic E-state index is 11.1. The van der Waals surface area contributed by atoms with Crippen molar-refractivity contribution >= 4 is 0 Å². The normalized spacial score (nSPS) is 35.0. The fourth-order valence-corrected chi connectivity index (χ4v) is 3.71. The van der Waals surface area contributed by atoms with Crippen molar-refractivity contribution in [3.05, 3.63) is 0 Å². The van der Waals surface area contributed by atoms with E-state index in [0.717, 1.165) is 19.5 Å². The number of aliphatic hydroxyl groups is 1. The topological polar surface area (TPSA) is 26.7 Å². The molecule has 3 nitrogen and oxygen atoms in total. The lowest BCUT2D eigenvalue weighted by atomic mass is 9.74. The van der Waals surface area contributed by atoms with Gasteiger partial charge < -0.3 is 14.9 Å². The van der Waals surface area contributed by atoms with E-state index in [4.69, 9.17) is 0 Å². The molecule has 0 amide bonds. The summed E-state index contributed by atoms with van der Waals surface area (Å²) < 4.78 is 0. The van der Waals surface area contributed by atoms with Crippen LogP contribution in [0.15, 0.2) is 0 Å². The van der Waals surface area contributed by atoms with E-state index in [-0.39, 0.29) is 0 Å². The number of hydrogen-bond acceptors (Lipinski definition) is 3. The first-order chi connectivity index (χ1) is 8.60. The van der Waals surface area contributed by atoms with E-state index >= 15 is 0 Å². The molecule has 0 spiro atoms. The van der Waals surface area contributed by atoms with Crippen molar-refractivity contribution in [3.8, 4) is 0 Å². The molecule has 2 aliphatic rings. The van der Waals surface area contributed by atoms with Crippen LogP contribution in [0.3, 0.4) is 0 Å². The van der Waals surface area contributed by atoms with Crippen molar-refractivity contribution in [1.82, 2.24) is 9.80 Å². The number of piperidine rings is 1. The Kier molecular flexibility index (Phi) is 5.05. The van der Waals surface area contributed by atoms with E-state index in [1.54, 1.807) is 0 Å². The highest BCUT2D eigenvalue weighted by molar-refractivity contribution is 4.93. The second-order valence-electron chi connectivity index (χ2n) is 6.65. The molecule has 2 atom stereocenters. The van der Waals surface area contributed by atoms with Crippen LogP contribution in [0.4, 0.5) is 0 Å². The molecule has 1 saturated carbocycles. The zero-order chi connectivity index (χ0) is 13.0. The Hall–Kier alpha value is -0.120. The molecule has 1 N–H and O–H groups in total. The third kappa shape index (κ3) is 3.69. The first kappa shape index (κ1) is 14.3. The Morgan fingerprint density at radius 1 is 1.11 bits per heavy atom. The maximum Gasteiger partial charge on any atom is 0.0814 e. The lowest BCUT2D eigenvalue weighted by Gasteiger charge is -2.44. The van der Waals surface area contributed by atoms with Gasteiger partial charge in [0, 0.05) is 19.0 Å². The smallest absolute Gasteiger partial charge is 0.0814 e. The van der Waals surface area contributed by atoms with Gasteiger partial charge >= 0.3 is 0 Å².